The number of halogens is 1. The minimum Gasteiger partial charge on any atom is -0.370 e. The van der Waals surface area contributed by atoms with Crippen LogP contribution in [0.3, 0.4) is 0 Å². The zero-order valence-electron chi connectivity index (χ0n) is 11.8. The molecule has 104 valence electrons. The van der Waals surface area contributed by atoms with E-state index in [0.717, 1.165) is 42.5 Å². The Hall–Kier alpha value is -0.730. The molecule has 2 aliphatic rings. The highest BCUT2D eigenvalue weighted by Gasteiger charge is 2.27. The van der Waals surface area contributed by atoms with Gasteiger partial charge >= 0.3 is 0 Å². The first-order valence-electron chi connectivity index (χ1n) is 7.40. The first kappa shape index (κ1) is 13.3. The number of anilines is 1. The fraction of sp³-hybridized carbons (Fsp3) is 0.625. The molecule has 1 saturated heterocycles. The SMILES string of the molecule is CC1CN(c2ccc(CNC3CC3)cc2Cl)CC1C. The van der Waals surface area contributed by atoms with Gasteiger partial charge in [-0.25, -0.2) is 0 Å². The smallest absolute Gasteiger partial charge is 0.0642 e. The van der Waals surface area contributed by atoms with Crippen LogP contribution in [0.25, 0.3) is 0 Å². The molecule has 2 nitrogen and oxygen atoms in total. The molecule has 3 heteroatoms. The molecule has 1 N–H and O–H groups in total. The van der Waals surface area contributed by atoms with E-state index in [1.807, 2.05) is 0 Å². The van der Waals surface area contributed by atoms with E-state index in [4.69, 9.17) is 11.6 Å². The summed E-state index contributed by atoms with van der Waals surface area (Å²) in [6.07, 6.45) is 2.66. The minimum absolute atomic E-state index is 0.749. The Morgan fingerprint density at radius 1 is 1.21 bits per heavy atom. The molecule has 2 unspecified atom stereocenters. The Balaban J connectivity index is 1.68. The van der Waals surface area contributed by atoms with Crippen molar-refractivity contribution >= 4 is 17.3 Å². The third-order valence-electron chi connectivity index (χ3n) is 4.51. The summed E-state index contributed by atoms with van der Waals surface area (Å²) in [6, 6.07) is 7.28. The van der Waals surface area contributed by atoms with E-state index in [1.165, 1.54) is 24.1 Å². The lowest BCUT2D eigenvalue weighted by molar-refractivity contribution is 0.494. The first-order valence-corrected chi connectivity index (χ1v) is 7.78. The van der Waals surface area contributed by atoms with Gasteiger partial charge in [0, 0.05) is 25.7 Å². The van der Waals surface area contributed by atoms with Gasteiger partial charge in [-0.15, -0.1) is 0 Å². The summed E-state index contributed by atoms with van der Waals surface area (Å²) in [6.45, 7) is 7.84. The van der Waals surface area contributed by atoms with E-state index >= 15 is 0 Å². The van der Waals surface area contributed by atoms with Gasteiger partial charge < -0.3 is 10.2 Å². The van der Waals surface area contributed by atoms with Gasteiger partial charge in [0.15, 0.2) is 0 Å². The van der Waals surface area contributed by atoms with Crippen LogP contribution < -0.4 is 10.2 Å². The van der Waals surface area contributed by atoms with Crippen LogP contribution in [-0.4, -0.2) is 19.1 Å². The third-order valence-corrected chi connectivity index (χ3v) is 4.82. The minimum atomic E-state index is 0.749. The van der Waals surface area contributed by atoms with Crippen LogP contribution in [0, 0.1) is 11.8 Å². The molecule has 1 aromatic rings. The summed E-state index contributed by atoms with van der Waals surface area (Å²) in [5.74, 6) is 1.51. The van der Waals surface area contributed by atoms with E-state index in [-0.39, 0.29) is 0 Å². The molecule has 0 radical (unpaired) electrons. The van der Waals surface area contributed by atoms with Gasteiger partial charge in [-0.1, -0.05) is 31.5 Å². The van der Waals surface area contributed by atoms with Gasteiger partial charge in [-0.3, -0.25) is 0 Å². The first-order chi connectivity index (χ1) is 9.13. The van der Waals surface area contributed by atoms with Gasteiger partial charge in [-0.2, -0.15) is 0 Å². The highest BCUT2D eigenvalue weighted by molar-refractivity contribution is 6.33. The Bertz CT molecular complexity index is 446. The number of benzene rings is 1. The highest BCUT2D eigenvalue weighted by atomic mass is 35.5. The second kappa shape index (κ2) is 5.34. The van der Waals surface area contributed by atoms with Gasteiger partial charge in [0.2, 0.25) is 0 Å². The van der Waals surface area contributed by atoms with E-state index in [1.54, 1.807) is 0 Å². The van der Waals surface area contributed by atoms with Crippen LogP contribution in [0.5, 0.6) is 0 Å². The van der Waals surface area contributed by atoms with Crippen molar-refractivity contribution in [3.63, 3.8) is 0 Å². The van der Waals surface area contributed by atoms with Gasteiger partial charge in [0.25, 0.3) is 0 Å². The van der Waals surface area contributed by atoms with Crippen molar-refractivity contribution in [1.82, 2.24) is 5.32 Å². The van der Waals surface area contributed by atoms with Gasteiger partial charge in [0.1, 0.15) is 0 Å². The van der Waals surface area contributed by atoms with Crippen LogP contribution in [0.4, 0.5) is 5.69 Å². The van der Waals surface area contributed by atoms with Crippen molar-refractivity contribution in [2.75, 3.05) is 18.0 Å². The lowest BCUT2D eigenvalue weighted by Gasteiger charge is -2.20. The van der Waals surface area contributed by atoms with Crippen LogP contribution in [-0.2, 0) is 6.54 Å². The number of nitrogens with one attached hydrogen (secondary N) is 1. The van der Waals surface area contributed by atoms with E-state index in [9.17, 15) is 0 Å². The molecular weight excluding hydrogens is 256 g/mol. The molecule has 1 saturated carbocycles. The molecule has 1 heterocycles. The molecule has 19 heavy (non-hydrogen) atoms. The van der Waals surface area contributed by atoms with Crippen LogP contribution in [0.1, 0.15) is 32.3 Å². The number of hydrogen-bond acceptors (Lipinski definition) is 2. The van der Waals surface area contributed by atoms with Crippen molar-refractivity contribution < 1.29 is 0 Å². The average molecular weight is 279 g/mol. The molecule has 1 aromatic carbocycles. The largest absolute Gasteiger partial charge is 0.370 e. The average Bonchev–Trinajstić information content (AvgIpc) is 3.14. The Kier molecular flexibility index (Phi) is 3.72. The number of hydrogen-bond donors (Lipinski definition) is 1. The van der Waals surface area contributed by atoms with E-state index < -0.39 is 0 Å². The molecule has 2 atom stereocenters. The Morgan fingerprint density at radius 3 is 2.47 bits per heavy atom. The zero-order valence-corrected chi connectivity index (χ0v) is 12.6. The lowest BCUT2D eigenvalue weighted by Crippen LogP contribution is -2.20. The predicted octanol–water partition coefficient (Wildman–Crippen LogP) is 3.68. The fourth-order valence-corrected chi connectivity index (χ4v) is 3.12. The number of nitrogens with zero attached hydrogens (tertiary/aromatic N) is 1. The summed E-state index contributed by atoms with van der Waals surface area (Å²) >= 11 is 6.47. The topological polar surface area (TPSA) is 15.3 Å². The molecule has 0 spiro atoms. The van der Waals surface area contributed by atoms with Crippen LogP contribution >= 0.6 is 11.6 Å². The van der Waals surface area contributed by atoms with Crippen molar-refractivity contribution in [2.24, 2.45) is 11.8 Å². The fourth-order valence-electron chi connectivity index (χ4n) is 2.79. The second-order valence-electron chi connectivity index (χ2n) is 6.30. The monoisotopic (exact) mass is 278 g/mol. The maximum absolute atomic E-state index is 6.47. The quantitative estimate of drug-likeness (QED) is 0.904. The standard InChI is InChI=1S/C16H23ClN2/c1-11-9-19(10-12(11)2)16-6-3-13(7-15(16)17)8-18-14-4-5-14/h3,6-7,11-12,14,18H,4-5,8-10H2,1-2H3. The summed E-state index contributed by atoms with van der Waals surface area (Å²) in [5, 5.41) is 4.43. The van der Waals surface area contributed by atoms with Crippen molar-refractivity contribution in [1.29, 1.82) is 0 Å². The van der Waals surface area contributed by atoms with E-state index in [2.05, 4.69) is 42.3 Å². The van der Waals surface area contributed by atoms with Crippen LogP contribution in [0.2, 0.25) is 5.02 Å². The molecule has 2 fully saturated rings. The molecule has 3 rings (SSSR count). The van der Waals surface area contributed by atoms with Gasteiger partial charge in [-0.05, 0) is 42.4 Å². The highest BCUT2D eigenvalue weighted by Crippen LogP contribution is 2.33. The zero-order chi connectivity index (χ0) is 13.4. The molecular formula is C16H23ClN2. The molecule has 0 amide bonds. The second-order valence-corrected chi connectivity index (χ2v) is 6.71. The van der Waals surface area contributed by atoms with Crippen molar-refractivity contribution in [3.8, 4) is 0 Å². The van der Waals surface area contributed by atoms with Crippen molar-refractivity contribution in [2.45, 2.75) is 39.3 Å². The van der Waals surface area contributed by atoms with Gasteiger partial charge in [0.05, 0.1) is 10.7 Å². The third kappa shape index (κ3) is 3.06. The van der Waals surface area contributed by atoms with Crippen LogP contribution in [0.15, 0.2) is 18.2 Å². The molecule has 0 bridgehead atoms. The molecule has 1 aliphatic heterocycles. The molecule has 0 aromatic heterocycles. The normalized spacial score (nSPS) is 27.0. The predicted molar refractivity (Wildman–Crippen MR) is 81.9 cm³/mol. The number of rotatable bonds is 4. The summed E-state index contributed by atoms with van der Waals surface area (Å²) in [7, 11) is 0. The summed E-state index contributed by atoms with van der Waals surface area (Å²) < 4.78 is 0. The summed E-state index contributed by atoms with van der Waals surface area (Å²) in [4.78, 5) is 2.43. The van der Waals surface area contributed by atoms with Crippen molar-refractivity contribution in [3.05, 3.63) is 28.8 Å². The molecule has 1 aliphatic carbocycles. The maximum Gasteiger partial charge on any atom is 0.0642 e. The maximum atomic E-state index is 6.47. The Morgan fingerprint density at radius 2 is 1.89 bits per heavy atom. The Labute approximate surface area is 121 Å². The summed E-state index contributed by atoms with van der Waals surface area (Å²) in [5.41, 5.74) is 2.49. The lowest BCUT2D eigenvalue weighted by atomic mass is 10.0. The van der Waals surface area contributed by atoms with E-state index in [0.29, 0.717) is 0 Å².